The molecule has 0 aromatic heterocycles. The summed E-state index contributed by atoms with van der Waals surface area (Å²) in [5.74, 6) is -2.18. The van der Waals surface area contributed by atoms with Gasteiger partial charge in [-0.1, -0.05) is 25.7 Å². The molecular weight excluding hydrogens is 299 g/mol. The van der Waals surface area contributed by atoms with Crippen LogP contribution in [0.1, 0.15) is 44.1 Å². The van der Waals surface area contributed by atoms with Gasteiger partial charge in [0.1, 0.15) is 5.82 Å². The molecule has 1 aromatic rings. The van der Waals surface area contributed by atoms with E-state index in [1.807, 2.05) is 0 Å². The van der Waals surface area contributed by atoms with Gasteiger partial charge in [-0.05, 0) is 43.5 Å². The Morgan fingerprint density at radius 1 is 1.13 bits per heavy atom. The van der Waals surface area contributed by atoms with Crippen molar-refractivity contribution in [3.05, 3.63) is 29.6 Å². The highest BCUT2D eigenvalue weighted by molar-refractivity contribution is 6.39. The predicted molar refractivity (Wildman–Crippen MR) is 85.4 cm³/mol. The number of aryl methyl sites for hydroxylation is 1. The Balaban J connectivity index is 1.88. The summed E-state index contributed by atoms with van der Waals surface area (Å²) in [6.07, 6.45) is 5.24. The summed E-state index contributed by atoms with van der Waals surface area (Å²) in [4.78, 5) is 23.7. The van der Waals surface area contributed by atoms with Crippen molar-refractivity contribution < 1.29 is 19.1 Å². The van der Waals surface area contributed by atoms with Crippen molar-refractivity contribution in [2.45, 2.75) is 51.0 Å². The normalized spacial score (nSPS) is 17.2. The highest BCUT2D eigenvalue weighted by Gasteiger charge is 2.29. The van der Waals surface area contributed by atoms with E-state index in [1.165, 1.54) is 6.07 Å². The third kappa shape index (κ3) is 5.32. The topological polar surface area (TPSA) is 78.4 Å². The number of rotatable bonds is 3. The molecule has 126 valence electrons. The molecule has 0 heterocycles. The lowest BCUT2D eigenvalue weighted by Crippen LogP contribution is -2.46. The zero-order valence-electron chi connectivity index (χ0n) is 13.3. The van der Waals surface area contributed by atoms with Crippen LogP contribution in [0.5, 0.6) is 0 Å². The van der Waals surface area contributed by atoms with Gasteiger partial charge in [0.25, 0.3) is 0 Å². The first-order valence-electron chi connectivity index (χ1n) is 7.97. The molecule has 1 aliphatic carbocycles. The lowest BCUT2D eigenvalue weighted by Gasteiger charge is -2.26. The minimum absolute atomic E-state index is 0.0570. The number of anilines is 1. The molecule has 0 radical (unpaired) electrons. The monoisotopic (exact) mass is 322 g/mol. The van der Waals surface area contributed by atoms with Gasteiger partial charge in [0.15, 0.2) is 0 Å². The van der Waals surface area contributed by atoms with E-state index in [0.29, 0.717) is 18.4 Å². The van der Waals surface area contributed by atoms with Crippen LogP contribution in [0.4, 0.5) is 10.1 Å². The smallest absolute Gasteiger partial charge is 0.313 e. The van der Waals surface area contributed by atoms with Crippen molar-refractivity contribution in [2.24, 2.45) is 0 Å². The number of carbonyl (C=O) groups is 2. The Bertz CT molecular complexity index is 561. The Hall–Kier alpha value is -1.95. The van der Waals surface area contributed by atoms with Crippen molar-refractivity contribution in [1.82, 2.24) is 5.32 Å². The summed E-state index contributed by atoms with van der Waals surface area (Å²) >= 11 is 0. The summed E-state index contributed by atoms with van der Waals surface area (Å²) in [6, 6.07) is 4.06. The first-order chi connectivity index (χ1) is 10.9. The zero-order chi connectivity index (χ0) is 16.9. The molecule has 0 bridgehead atoms. The quantitative estimate of drug-likeness (QED) is 0.590. The van der Waals surface area contributed by atoms with E-state index >= 15 is 0 Å². The highest BCUT2D eigenvalue weighted by atomic mass is 19.1. The van der Waals surface area contributed by atoms with E-state index in [9.17, 15) is 19.1 Å². The Kier molecular flexibility index (Phi) is 5.71. The summed E-state index contributed by atoms with van der Waals surface area (Å²) in [5.41, 5.74) is -0.0636. The summed E-state index contributed by atoms with van der Waals surface area (Å²) in [7, 11) is 0. The summed E-state index contributed by atoms with van der Waals surface area (Å²) in [6.45, 7) is 1.75. The molecule has 0 aliphatic heterocycles. The van der Waals surface area contributed by atoms with Gasteiger partial charge < -0.3 is 15.7 Å². The van der Waals surface area contributed by atoms with Crippen LogP contribution in [0.15, 0.2) is 18.2 Å². The molecule has 0 unspecified atom stereocenters. The maximum absolute atomic E-state index is 13.3. The van der Waals surface area contributed by atoms with E-state index in [-0.39, 0.29) is 12.2 Å². The van der Waals surface area contributed by atoms with E-state index in [4.69, 9.17) is 0 Å². The highest BCUT2D eigenvalue weighted by Crippen LogP contribution is 2.26. The number of carbonyl (C=O) groups excluding carboxylic acids is 2. The number of hydrogen-bond acceptors (Lipinski definition) is 3. The SMILES string of the molecule is Cc1cc(F)cc(NC(=O)C(=O)NCC2(O)CCCCCC2)c1. The second-order valence-electron chi connectivity index (χ2n) is 6.29. The molecule has 23 heavy (non-hydrogen) atoms. The first-order valence-corrected chi connectivity index (χ1v) is 7.97. The fourth-order valence-electron chi connectivity index (χ4n) is 2.88. The van der Waals surface area contributed by atoms with Crippen LogP contribution in [-0.2, 0) is 9.59 Å². The van der Waals surface area contributed by atoms with Crippen molar-refractivity contribution in [3.8, 4) is 0 Å². The second-order valence-corrected chi connectivity index (χ2v) is 6.29. The van der Waals surface area contributed by atoms with Crippen molar-refractivity contribution >= 4 is 17.5 Å². The maximum Gasteiger partial charge on any atom is 0.313 e. The molecule has 2 rings (SSSR count). The fraction of sp³-hybridized carbons (Fsp3) is 0.529. The van der Waals surface area contributed by atoms with Gasteiger partial charge in [0, 0.05) is 12.2 Å². The molecule has 1 aliphatic rings. The van der Waals surface area contributed by atoms with E-state index in [2.05, 4.69) is 10.6 Å². The van der Waals surface area contributed by atoms with Gasteiger partial charge in [-0.3, -0.25) is 9.59 Å². The molecule has 0 atom stereocenters. The molecule has 1 fully saturated rings. The van der Waals surface area contributed by atoms with Gasteiger partial charge in [-0.15, -0.1) is 0 Å². The fourth-order valence-corrected chi connectivity index (χ4v) is 2.88. The Labute approximate surface area is 135 Å². The molecule has 2 amide bonds. The van der Waals surface area contributed by atoms with Crippen LogP contribution >= 0.6 is 0 Å². The van der Waals surface area contributed by atoms with Crippen LogP contribution in [0, 0.1) is 12.7 Å². The number of amides is 2. The number of aliphatic hydroxyl groups is 1. The van der Waals surface area contributed by atoms with Gasteiger partial charge in [0.05, 0.1) is 5.60 Å². The summed E-state index contributed by atoms with van der Waals surface area (Å²) < 4.78 is 13.3. The number of hydrogen-bond donors (Lipinski definition) is 3. The minimum Gasteiger partial charge on any atom is -0.388 e. The second kappa shape index (κ2) is 7.55. The molecule has 1 aromatic carbocycles. The van der Waals surface area contributed by atoms with E-state index < -0.39 is 23.2 Å². The number of nitrogens with one attached hydrogen (secondary N) is 2. The van der Waals surface area contributed by atoms with Crippen LogP contribution in [0.3, 0.4) is 0 Å². The lowest BCUT2D eigenvalue weighted by atomic mass is 9.94. The van der Waals surface area contributed by atoms with E-state index in [0.717, 1.165) is 31.7 Å². The third-order valence-electron chi connectivity index (χ3n) is 4.12. The maximum atomic E-state index is 13.3. The number of benzene rings is 1. The van der Waals surface area contributed by atoms with Gasteiger partial charge in [-0.2, -0.15) is 0 Å². The molecule has 5 nitrogen and oxygen atoms in total. The first kappa shape index (κ1) is 17.4. The Morgan fingerprint density at radius 3 is 2.39 bits per heavy atom. The molecule has 3 N–H and O–H groups in total. The van der Waals surface area contributed by atoms with E-state index in [1.54, 1.807) is 13.0 Å². The standard InChI is InChI=1S/C17H23FN2O3/c1-12-8-13(18)10-14(9-12)20-16(22)15(21)19-11-17(23)6-4-2-3-5-7-17/h8-10,23H,2-7,11H2,1H3,(H,19,21)(H,20,22). The van der Waals surface area contributed by atoms with Crippen molar-refractivity contribution in [3.63, 3.8) is 0 Å². The molecule has 0 saturated heterocycles. The summed E-state index contributed by atoms with van der Waals surface area (Å²) in [5, 5.41) is 15.3. The lowest BCUT2D eigenvalue weighted by molar-refractivity contribution is -0.136. The molecule has 1 saturated carbocycles. The van der Waals surface area contributed by atoms with Gasteiger partial charge >= 0.3 is 11.8 Å². The van der Waals surface area contributed by atoms with Gasteiger partial charge in [0.2, 0.25) is 0 Å². The van der Waals surface area contributed by atoms with Crippen LogP contribution in [0.25, 0.3) is 0 Å². The minimum atomic E-state index is -0.943. The molecule has 6 heteroatoms. The average Bonchev–Trinajstić information content (AvgIpc) is 2.69. The van der Waals surface area contributed by atoms with Crippen molar-refractivity contribution in [1.29, 1.82) is 0 Å². The predicted octanol–water partition coefficient (Wildman–Crippen LogP) is 2.27. The Morgan fingerprint density at radius 2 is 1.78 bits per heavy atom. The molecular formula is C17H23FN2O3. The zero-order valence-corrected chi connectivity index (χ0v) is 13.3. The van der Waals surface area contributed by atoms with Crippen LogP contribution in [0.2, 0.25) is 0 Å². The van der Waals surface area contributed by atoms with Crippen LogP contribution < -0.4 is 10.6 Å². The van der Waals surface area contributed by atoms with Crippen LogP contribution in [-0.4, -0.2) is 29.1 Å². The van der Waals surface area contributed by atoms with Crippen molar-refractivity contribution in [2.75, 3.05) is 11.9 Å². The van der Waals surface area contributed by atoms with Gasteiger partial charge in [-0.25, -0.2) is 4.39 Å². The largest absolute Gasteiger partial charge is 0.388 e. The average molecular weight is 322 g/mol. The number of halogens is 1. The third-order valence-corrected chi connectivity index (χ3v) is 4.12. The molecule has 0 spiro atoms.